The van der Waals surface area contributed by atoms with E-state index in [9.17, 15) is 9.59 Å². The molecule has 0 saturated heterocycles. The zero-order valence-electron chi connectivity index (χ0n) is 20.9. The van der Waals surface area contributed by atoms with Crippen LogP contribution in [0.2, 0.25) is 0 Å². The zero-order valence-corrected chi connectivity index (χ0v) is 21.7. The third-order valence-electron chi connectivity index (χ3n) is 5.74. The van der Waals surface area contributed by atoms with Crippen LogP contribution in [0.15, 0.2) is 63.5 Å². The molecule has 0 aliphatic carbocycles. The largest absolute Gasteiger partial charge is 0.497 e. The van der Waals surface area contributed by atoms with Crippen LogP contribution >= 0.6 is 11.3 Å². The zero-order chi connectivity index (χ0) is 25.8. The number of thiazole rings is 1. The highest BCUT2D eigenvalue weighted by atomic mass is 32.1. The van der Waals surface area contributed by atoms with Gasteiger partial charge in [-0.05, 0) is 62.7 Å². The molecule has 0 bridgehead atoms. The number of benzene rings is 2. The van der Waals surface area contributed by atoms with Crippen LogP contribution < -0.4 is 29.1 Å². The predicted octanol–water partition coefficient (Wildman–Crippen LogP) is 3.21. The molecule has 0 saturated carbocycles. The molecule has 36 heavy (non-hydrogen) atoms. The van der Waals surface area contributed by atoms with Crippen molar-refractivity contribution in [1.82, 2.24) is 4.57 Å². The third-order valence-corrected chi connectivity index (χ3v) is 6.72. The fourth-order valence-electron chi connectivity index (χ4n) is 4.12. The third kappa shape index (κ3) is 4.79. The number of methoxy groups -OCH3 is 2. The van der Waals surface area contributed by atoms with E-state index in [2.05, 4.69) is 4.99 Å². The number of esters is 1. The first kappa shape index (κ1) is 25.2. The Hall–Kier alpha value is -3.85. The molecule has 0 unspecified atom stereocenters. The summed E-state index contributed by atoms with van der Waals surface area (Å²) in [4.78, 5) is 32.0. The van der Waals surface area contributed by atoms with Gasteiger partial charge in [-0.3, -0.25) is 9.36 Å². The second-order valence-electron chi connectivity index (χ2n) is 7.91. The minimum Gasteiger partial charge on any atom is -0.497 e. The van der Waals surface area contributed by atoms with Crippen molar-refractivity contribution in [2.75, 3.05) is 27.4 Å². The van der Waals surface area contributed by atoms with Crippen molar-refractivity contribution in [2.24, 2.45) is 4.99 Å². The molecular weight excluding hydrogens is 480 g/mol. The van der Waals surface area contributed by atoms with E-state index >= 15 is 0 Å². The lowest BCUT2D eigenvalue weighted by molar-refractivity contribution is -0.139. The van der Waals surface area contributed by atoms with Gasteiger partial charge in [0, 0.05) is 5.56 Å². The summed E-state index contributed by atoms with van der Waals surface area (Å²) in [6.07, 6.45) is 1.81. The highest BCUT2D eigenvalue weighted by Crippen LogP contribution is 2.37. The Morgan fingerprint density at radius 3 is 2.42 bits per heavy atom. The highest BCUT2D eigenvalue weighted by Gasteiger charge is 2.35. The summed E-state index contributed by atoms with van der Waals surface area (Å²) in [5.41, 5.74) is 1.95. The monoisotopic (exact) mass is 508 g/mol. The average Bonchev–Trinajstić information content (AvgIpc) is 3.18. The molecule has 1 aliphatic heterocycles. The van der Waals surface area contributed by atoms with Crippen molar-refractivity contribution in [2.45, 2.75) is 26.8 Å². The lowest BCUT2D eigenvalue weighted by atomic mass is 9.94. The number of carbonyl (C=O) groups is 1. The molecule has 8 nitrogen and oxygen atoms in total. The molecule has 188 valence electrons. The number of aromatic nitrogens is 1. The molecule has 9 heteroatoms. The molecule has 4 rings (SSSR count). The van der Waals surface area contributed by atoms with Gasteiger partial charge in [-0.2, -0.15) is 0 Å². The van der Waals surface area contributed by atoms with E-state index in [1.807, 2.05) is 37.3 Å². The van der Waals surface area contributed by atoms with Gasteiger partial charge in [0.15, 0.2) is 4.80 Å². The number of fused-ring (bicyclic) bond motifs is 1. The van der Waals surface area contributed by atoms with E-state index in [4.69, 9.17) is 18.9 Å². The number of hydrogen-bond donors (Lipinski definition) is 0. The molecule has 0 N–H and O–H groups in total. The fraction of sp³-hybridized carbons (Fsp3) is 0.296. The summed E-state index contributed by atoms with van der Waals surface area (Å²) < 4.78 is 23.9. The van der Waals surface area contributed by atoms with E-state index in [0.717, 1.165) is 11.3 Å². The first-order valence-electron chi connectivity index (χ1n) is 11.6. The lowest BCUT2D eigenvalue weighted by Gasteiger charge is -2.26. The standard InChI is InChI=1S/C27H28N2O6S/c1-6-34-18-10-8-17(9-11-18)14-22-25(30)29-24(20-15-19(32-4)12-13-21(20)33-5)23(26(31)35-7-2)16(3)28-27(29)36-22/h8-15,24H,6-7H2,1-5H3/b22-14-/t24-/m1/s1. The Morgan fingerprint density at radius 1 is 1.06 bits per heavy atom. The second-order valence-corrected chi connectivity index (χ2v) is 8.92. The fourth-order valence-corrected chi connectivity index (χ4v) is 5.16. The summed E-state index contributed by atoms with van der Waals surface area (Å²) in [6, 6.07) is 12.0. The first-order valence-corrected chi connectivity index (χ1v) is 12.4. The quantitative estimate of drug-likeness (QED) is 0.434. The van der Waals surface area contributed by atoms with Crippen molar-refractivity contribution in [3.05, 3.63) is 84.5 Å². The normalized spacial score (nSPS) is 15.2. The Labute approximate surface area is 212 Å². The van der Waals surface area contributed by atoms with E-state index < -0.39 is 12.0 Å². The summed E-state index contributed by atoms with van der Waals surface area (Å²) in [5, 5.41) is 0. The summed E-state index contributed by atoms with van der Waals surface area (Å²) >= 11 is 1.26. The molecule has 0 radical (unpaired) electrons. The minimum atomic E-state index is -0.798. The van der Waals surface area contributed by atoms with E-state index in [-0.39, 0.29) is 17.7 Å². The molecule has 3 aromatic rings. The van der Waals surface area contributed by atoms with E-state index in [1.165, 1.54) is 15.9 Å². The topological polar surface area (TPSA) is 88.4 Å². The molecule has 1 aliphatic rings. The van der Waals surface area contributed by atoms with Crippen LogP contribution in [-0.2, 0) is 9.53 Å². The number of ether oxygens (including phenoxy) is 4. The van der Waals surface area contributed by atoms with Crippen molar-refractivity contribution in [1.29, 1.82) is 0 Å². The van der Waals surface area contributed by atoms with E-state index in [0.29, 0.717) is 38.7 Å². The number of nitrogens with zero attached hydrogens (tertiary/aromatic N) is 2. The van der Waals surface area contributed by atoms with Gasteiger partial charge in [0.2, 0.25) is 0 Å². The van der Waals surface area contributed by atoms with Crippen LogP contribution in [0.5, 0.6) is 17.2 Å². The second kappa shape index (κ2) is 10.8. The van der Waals surface area contributed by atoms with Crippen molar-refractivity contribution in [3.63, 3.8) is 0 Å². The van der Waals surface area contributed by atoms with Gasteiger partial charge >= 0.3 is 5.97 Å². The molecular formula is C27H28N2O6S. The number of rotatable bonds is 8. The smallest absolute Gasteiger partial charge is 0.338 e. The van der Waals surface area contributed by atoms with Crippen LogP contribution in [0.1, 0.15) is 37.9 Å². The maximum Gasteiger partial charge on any atom is 0.338 e. The molecule has 2 heterocycles. The number of carbonyl (C=O) groups excluding carboxylic acids is 1. The molecule has 1 aromatic heterocycles. The average molecular weight is 509 g/mol. The maximum absolute atomic E-state index is 13.8. The molecule has 0 spiro atoms. The Balaban J connectivity index is 1.95. The number of allylic oxidation sites excluding steroid dienone is 1. The van der Waals surface area contributed by atoms with Crippen molar-refractivity contribution >= 4 is 23.4 Å². The Kier molecular flexibility index (Phi) is 7.59. The lowest BCUT2D eigenvalue weighted by Crippen LogP contribution is -2.40. The Morgan fingerprint density at radius 2 is 1.78 bits per heavy atom. The van der Waals surface area contributed by atoms with Crippen LogP contribution in [-0.4, -0.2) is 38.0 Å². The van der Waals surface area contributed by atoms with Crippen LogP contribution in [0, 0.1) is 0 Å². The van der Waals surface area contributed by atoms with Gasteiger partial charge in [0.05, 0.1) is 43.2 Å². The van der Waals surface area contributed by atoms with Crippen molar-refractivity contribution < 1.29 is 23.7 Å². The predicted molar refractivity (Wildman–Crippen MR) is 138 cm³/mol. The Bertz CT molecular complexity index is 1480. The van der Waals surface area contributed by atoms with Crippen LogP contribution in [0.3, 0.4) is 0 Å². The van der Waals surface area contributed by atoms with Gasteiger partial charge in [-0.1, -0.05) is 23.5 Å². The molecule has 2 aromatic carbocycles. The molecule has 0 fully saturated rings. The minimum absolute atomic E-state index is 0.194. The van der Waals surface area contributed by atoms with Gasteiger partial charge in [-0.15, -0.1) is 0 Å². The summed E-state index contributed by atoms with van der Waals surface area (Å²) in [6.45, 7) is 6.18. The van der Waals surface area contributed by atoms with Gasteiger partial charge < -0.3 is 18.9 Å². The summed E-state index contributed by atoms with van der Waals surface area (Å²) in [7, 11) is 3.10. The van der Waals surface area contributed by atoms with Crippen LogP contribution in [0.4, 0.5) is 0 Å². The SMILES string of the molecule is CCOC(=O)C1=C(C)N=c2s/c(=C\c3ccc(OCC)cc3)c(=O)n2[C@@H]1c1cc(OC)ccc1OC. The highest BCUT2D eigenvalue weighted by molar-refractivity contribution is 7.07. The molecule has 0 amide bonds. The van der Waals surface area contributed by atoms with Gasteiger partial charge in [0.1, 0.15) is 23.3 Å². The summed E-state index contributed by atoms with van der Waals surface area (Å²) in [5.74, 6) is 1.31. The molecule has 1 atom stereocenters. The number of hydrogen-bond acceptors (Lipinski definition) is 8. The maximum atomic E-state index is 13.8. The van der Waals surface area contributed by atoms with Crippen LogP contribution in [0.25, 0.3) is 6.08 Å². The first-order chi connectivity index (χ1) is 17.4. The van der Waals surface area contributed by atoms with Crippen molar-refractivity contribution in [3.8, 4) is 17.2 Å². The van der Waals surface area contributed by atoms with Gasteiger partial charge in [-0.25, -0.2) is 9.79 Å². The van der Waals surface area contributed by atoms with Gasteiger partial charge in [0.25, 0.3) is 5.56 Å². The van der Waals surface area contributed by atoms with E-state index in [1.54, 1.807) is 46.3 Å².